The third-order valence-corrected chi connectivity index (χ3v) is 4.37. The van der Waals surface area contributed by atoms with E-state index in [2.05, 4.69) is 39.5 Å². The fourth-order valence-electron chi connectivity index (χ4n) is 2.98. The van der Waals surface area contributed by atoms with E-state index < -0.39 is 0 Å². The summed E-state index contributed by atoms with van der Waals surface area (Å²) in [5.74, 6) is -0.100. The van der Waals surface area contributed by atoms with Gasteiger partial charge in [-0.2, -0.15) is 0 Å². The van der Waals surface area contributed by atoms with E-state index >= 15 is 0 Å². The molecule has 0 aliphatic carbocycles. The Kier molecular flexibility index (Phi) is 5.99. The van der Waals surface area contributed by atoms with Gasteiger partial charge in [-0.15, -0.1) is 0 Å². The molecule has 3 rings (SSSR count). The predicted molar refractivity (Wildman–Crippen MR) is 109 cm³/mol. The molecule has 1 amide bonds. The molecule has 1 N–H and O–H groups in total. The van der Waals surface area contributed by atoms with Crippen molar-refractivity contribution in [2.75, 3.05) is 14.1 Å². The molecule has 1 heterocycles. The zero-order valence-corrected chi connectivity index (χ0v) is 16.1. The fourth-order valence-corrected chi connectivity index (χ4v) is 2.98. The Balaban J connectivity index is 1.64. The van der Waals surface area contributed by atoms with Crippen molar-refractivity contribution in [1.82, 2.24) is 15.2 Å². The average molecular weight is 359 g/mol. The van der Waals surface area contributed by atoms with Gasteiger partial charge in [-0.25, -0.2) is 0 Å². The van der Waals surface area contributed by atoms with Gasteiger partial charge in [0.25, 0.3) is 5.91 Å². The first kappa shape index (κ1) is 18.8. The molecule has 0 spiro atoms. The first-order chi connectivity index (χ1) is 13.0. The summed E-state index contributed by atoms with van der Waals surface area (Å²) in [6.07, 6.45) is 0. The number of hydrogen-bond donors (Lipinski definition) is 1. The normalized spacial score (nSPS) is 10.8. The van der Waals surface area contributed by atoms with Gasteiger partial charge in [-0.05, 0) is 44.3 Å². The molecule has 0 saturated carbocycles. The standard InChI is InChI=1S/C23H25N3O/c1-17-21(13-14-22(25-17)20-7-5-4-6-8-20)23(27)24-15-18-9-11-19(12-10-18)16-26(2)3/h4-14H,15-16H2,1-3H3,(H,24,27). The molecule has 0 aliphatic rings. The summed E-state index contributed by atoms with van der Waals surface area (Å²) >= 11 is 0. The van der Waals surface area contributed by atoms with E-state index in [1.807, 2.05) is 63.5 Å². The molecule has 3 aromatic rings. The highest BCUT2D eigenvalue weighted by Crippen LogP contribution is 2.18. The predicted octanol–water partition coefficient (Wildman–Crippen LogP) is 4.05. The lowest BCUT2D eigenvalue weighted by Crippen LogP contribution is -2.24. The Bertz CT molecular complexity index is 903. The number of aryl methyl sites for hydroxylation is 1. The smallest absolute Gasteiger partial charge is 0.253 e. The van der Waals surface area contributed by atoms with Crippen molar-refractivity contribution in [2.24, 2.45) is 0 Å². The number of nitrogens with zero attached hydrogens (tertiary/aromatic N) is 2. The van der Waals surface area contributed by atoms with Crippen molar-refractivity contribution in [2.45, 2.75) is 20.0 Å². The van der Waals surface area contributed by atoms with Crippen molar-refractivity contribution in [1.29, 1.82) is 0 Å². The molecule has 0 radical (unpaired) electrons. The number of amides is 1. The van der Waals surface area contributed by atoms with E-state index in [4.69, 9.17) is 0 Å². The van der Waals surface area contributed by atoms with Gasteiger partial charge >= 0.3 is 0 Å². The van der Waals surface area contributed by atoms with Crippen LogP contribution in [-0.2, 0) is 13.1 Å². The molecule has 4 heteroatoms. The van der Waals surface area contributed by atoms with E-state index in [-0.39, 0.29) is 5.91 Å². The summed E-state index contributed by atoms with van der Waals surface area (Å²) in [7, 11) is 4.10. The highest BCUT2D eigenvalue weighted by atomic mass is 16.1. The maximum atomic E-state index is 12.5. The van der Waals surface area contributed by atoms with Gasteiger partial charge in [0.15, 0.2) is 0 Å². The lowest BCUT2D eigenvalue weighted by molar-refractivity contribution is 0.0950. The molecule has 2 aromatic carbocycles. The number of rotatable bonds is 6. The van der Waals surface area contributed by atoms with E-state index in [0.29, 0.717) is 12.1 Å². The van der Waals surface area contributed by atoms with Gasteiger partial charge < -0.3 is 10.2 Å². The number of carbonyl (C=O) groups is 1. The van der Waals surface area contributed by atoms with Crippen LogP contribution in [0.4, 0.5) is 0 Å². The van der Waals surface area contributed by atoms with Gasteiger partial charge in [0.05, 0.1) is 17.0 Å². The third-order valence-electron chi connectivity index (χ3n) is 4.37. The number of hydrogen-bond acceptors (Lipinski definition) is 3. The van der Waals surface area contributed by atoms with Gasteiger partial charge in [0.2, 0.25) is 0 Å². The summed E-state index contributed by atoms with van der Waals surface area (Å²) in [5.41, 5.74) is 5.60. The second kappa shape index (κ2) is 8.60. The highest BCUT2D eigenvalue weighted by molar-refractivity contribution is 5.95. The minimum Gasteiger partial charge on any atom is -0.348 e. The molecule has 0 unspecified atom stereocenters. The first-order valence-corrected chi connectivity index (χ1v) is 9.07. The number of benzene rings is 2. The lowest BCUT2D eigenvalue weighted by Gasteiger charge is -2.11. The molecule has 138 valence electrons. The lowest BCUT2D eigenvalue weighted by atomic mass is 10.1. The maximum Gasteiger partial charge on any atom is 0.253 e. The van der Waals surface area contributed by atoms with Crippen LogP contribution >= 0.6 is 0 Å². The summed E-state index contributed by atoms with van der Waals surface area (Å²) in [5, 5.41) is 2.99. The molecular weight excluding hydrogens is 334 g/mol. The van der Waals surface area contributed by atoms with Crippen LogP contribution in [0.1, 0.15) is 27.2 Å². The number of pyridine rings is 1. The molecule has 0 atom stereocenters. The Morgan fingerprint density at radius 2 is 1.59 bits per heavy atom. The summed E-state index contributed by atoms with van der Waals surface area (Å²) in [6, 6.07) is 22.0. The minimum atomic E-state index is -0.100. The van der Waals surface area contributed by atoms with Crippen LogP contribution in [0.3, 0.4) is 0 Å². The van der Waals surface area contributed by atoms with Crippen LogP contribution in [0.5, 0.6) is 0 Å². The fraction of sp³-hybridized carbons (Fsp3) is 0.217. The highest BCUT2D eigenvalue weighted by Gasteiger charge is 2.11. The molecule has 0 aliphatic heterocycles. The third kappa shape index (κ3) is 5.02. The van der Waals surface area contributed by atoms with Crippen LogP contribution in [0.2, 0.25) is 0 Å². The molecule has 0 fully saturated rings. The summed E-state index contributed by atoms with van der Waals surface area (Å²) in [4.78, 5) is 19.3. The van der Waals surface area contributed by atoms with Crippen molar-refractivity contribution < 1.29 is 4.79 Å². The molecule has 27 heavy (non-hydrogen) atoms. The molecule has 0 saturated heterocycles. The van der Waals surface area contributed by atoms with Gasteiger partial charge in [-0.1, -0.05) is 54.6 Å². The summed E-state index contributed by atoms with van der Waals surface area (Å²) in [6.45, 7) is 3.28. The number of aromatic nitrogens is 1. The van der Waals surface area contributed by atoms with Crippen LogP contribution in [0.25, 0.3) is 11.3 Å². The van der Waals surface area contributed by atoms with E-state index in [9.17, 15) is 4.79 Å². The van der Waals surface area contributed by atoms with Crippen molar-refractivity contribution in [3.63, 3.8) is 0 Å². The van der Waals surface area contributed by atoms with Gasteiger partial charge in [0.1, 0.15) is 0 Å². The van der Waals surface area contributed by atoms with Gasteiger partial charge in [-0.3, -0.25) is 9.78 Å². The molecule has 0 bridgehead atoms. The van der Waals surface area contributed by atoms with E-state index in [1.165, 1.54) is 5.56 Å². The van der Waals surface area contributed by atoms with E-state index in [1.54, 1.807) is 0 Å². The van der Waals surface area contributed by atoms with Crippen molar-refractivity contribution >= 4 is 5.91 Å². The van der Waals surface area contributed by atoms with Crippen LogP contribution in [-0.4, -0.2) is 29.9 Å². The van der Waals surface area contributed by atoms with Crippen LogP contribution < -0.4 is 5.32 Å². The van der Waals surface area contributed by atoms with Crippen LogP contribution in [0.15, 0.2) is 66.7 Å². The Hall–Kier alpha value is -2.98. The van der Waals surface area contributed by atoms with E-state index in [0.717, 1.165) is 29.1 Å². The molecular formula is C23H25N3O. The minimum absolute atomic E-state index is 0.100. The maximum absolute atomic E-state index is 12.5. The van der Waals surface area contributed by atoms with Gasteiger partial charge in [0, 0.05) is 18.7 Å². The second-order valence-corrected chi connectivity index (χ2v) is 6.93. The second-order valence-electron chi connectivity index (χ2n) is 6.93. The first-order valence-electron chi connectivity index (χ1n) is 9.07. The molecule has 1 aromatic heterocycles. The Morgan fingerprint density at radius 3 is 2.22 bits per heavy atom. The Labute approximate surface area is 160 Å². The molecule has 4 nitrogen and oxygen atoms in total. The largest absolute Gasteiger partial charge is 0.348 e. The quantitative estimate of drug-likeness (QED) is 0.722. The number of carbonyl (C=O) groups excluding carboxylic acids is 1. The SMILES string of the molecule is Cc1nc(-c2ccccc2)ccc1C(=O)NCc1ccc(CN(C)C)cc1. The topological polar surface area (TPSA) is 45.2 Å². The summed E-state index contributed by atoms with van der Waals surface area (Å²) < 4.78 is 0. The number of nitrogens with one attached hydrogen (secondary N) is 1. The van der Waals surface area contributed by atoms with Crippen LogP contribution in [0, 0.1) is 6.92 Å². The van der Waals surface area contributed by atoms with Crippen molar-refractivity contribution in [3.8, 4) is 11.3 Å². The Morgan fingerprint density at radius 1 is 0.926 bits per heavy atom. The average Bonchev–Trinajstić information content (AvgIpc) is 2.67. The zero-order valence-electron chi connectivity index (χ0n) is 16.1. The van der Waals surface area contributed by atoms with Crippen molar-refractivity contribution in [3.05, 3.63) is 89.1 Å². The monoisotopic (exact) mass is 359 g/mol. The zero-order chi connectivity index (χ0) is 19.2.